The van der Waals surface area contributed by atoms with Crippen molar-refractivity contribution in [3.05, 3.63) is 47.9 Å². The number of carbonyl (C=O) groups is 2. The van der Waals surface area contributed by atoms with E-state index in [0.717, 1.165) is 43.5 Å². The van der Waals surface area contributed by atoms with E-state index in [4.69, 9.17) is 9.15 Å². The maximum absolute atomic E-state index is 13.4. The molecule has 7 heteroatoms. The number of furan rings is 1. The van der Waals surface area contributed by atoms with Crippen molar-refractivity contribution in [3.8, 4) is 0 Å². The molecular formula is C25H35N3O4. The van der Waals surface area contributed by atoms with E-state index in [0.29, 0.717) is 18.8 Å². The second kappa shape index (κ2) is 11.2. The minimum Gasteiger partial charge on any atom is -0.459 e. The predicted molar refractivity (Wildman–Crippen MR) is 126 cm³/mol. The molecule has 0 bridgehead atoms. The third-order valence-corrected chi connectivity index (χ3v) is 6.02. The van der Waals surface area contributed by atoms with Crippen molar-refractivity contribution in [1.29, 1.82) is 0 Å². The number of nitrogens with zero attached hydrogens (tertiary/aromatic N) is 2. The van der Waals surface area contributed by atoms with Gasteiger partial charge in [-0.25, -0.2) is 0 Å². The van der Waals surface area contributed by atoms with Crippen molar-refractivity contribution in [2.24, 2.45) is 5.92 Å². The molecule has 1 aliphatic heterocycles. The summed E-state index contributed by atoms with van der Waals surface area (Å²) in [6.07, 6.45) is 5.20. The monoisotopic (exact) mass is 441 g/mol. The van der Waals surface area contributed by atoms with E-state index < -0.39 is 0 Å². The van der Waals surface area contributed by atoms with Crippen molar-refractivity contribution in [2.45, 2.75) is 52.2 Å². The number of benzene rings is 1. The van der Waals surface area contributed by atoms with Gasteiger partial charge >= 0.3 is 0 Å². The number of amides is 2. The first kappa shape index (κ1) is 23.9. The standard InChI is InChI=1S/C25H35N3O4/c1-5-18(6-2)25(30)28(17-21-9-7-13-31-21)16-19-15-20(11-12-22(19)27(3)4)26-24(29)23-10-8-14-32-23/h8,10-12,14-15,18,21H,5-7,9,13,16-17H2,1-4H3,(H,26,29)/t21-/m0/s1. The third kappa shape index (κ3) is 5.91. The molecule has 1 fully saturated rings. The summed E-state index contributed by atoms with van der Waals surface area (Å²) in [6.45, 7) is 5.94. The van der Waals surface area contributed by atoms with Gasteiger partial charge < -0.3 is 24.3 Å². The van der Waals surface area contributed by atoms with Crippen molar-refractivity contribution in [3.63, 3.8) is 0 Å². The summed E-state index contributed by atoms with van der Waals surface area (Å²) in [4.78, 5) is 29.8. The fraction of sp³-hybridized carbons (Fsp3) is 0.520. The number of anilines is 2. The predicted octanol–water partition coefficient (Wildman–Crippen LogP) is 4.54. The first-order valence-electron chi connectivity index (χ1n) is 11.5. The van der Waals surface area contributed by atoms with Crippen molar-refractivity contribution in [1.82, 2.24) is 4.90 Å². The zero-order chi connectivity index (χ0) is 23.1. The van der Waals surface area contributed by atoms with Crippen LogP contribution in [0.5, 0.6) is 0 Å². The van der Waals surface area contributed by atoms with Gasteiger partial charge in [-0.15, -0.1) is 0 Å². The molecule has 0 radical (unpaired) electrons. The Morgan fingerprint density at radius 1 is 1.19 bits per heavy atom. The highest BCUT2D eigenvalue weighted by Gasteiger charge is 2.27. The molecule has 1 aromatic carbocycles. The largest absolute Gasteiger partial charge is 0.459 e. The molecule has 1 saturated heterocycles. The molecule has 3 rings (SSSR count). The number of ether oxygens (including phenoxy) is 1. The summed E-state index contributed by atoms with van der Waals surface area (Å²) in [5, 5.41) is 2.89. The van der Waals surface area contributed by atoms with Crippen LogP contribution in [0.2, 0.25) is 0 Å². The topological polar surface area (TPSA) is 75.0 Å². The highest BCUT2D eigenvalue weighted by Crippen LogP contribution is 2.27. The highest BCUT2D eigenvalue weighted by molar-refractivity contribution is 6.02. The maximum atomic E-state index is 13.4. The van der Waals surface area contributed by atoms with Crippen LogP contribution >= 0.6 is 0 Å². The Labute approximate surface area is 190 Å². The van der Waals surface area contributed by atoms with Crippen LogP contribution in [0.3, 0.4) is 0 Å². The molecule has 7 nitrogen and oxygen atoms in total. The molecule has 1 aliphatic rings. The van der Waals surface area contributed by atoms with E-state index in [9.17, 15) is 9.59 Å². The zero-order valence-corrected chi connectivity index (χ0v) is 19.6. The average molecular weight is 442 g/mol. The SMILES string of the molecule is CCC(CC)C(=O)N(Cc1cc(NC(=O)c2ccco2)ccc1N(C)C)C[C@@H]1CCCO1. The molecule has 1 atom stereocenters. The lowest BCUT2D eigenvalue weighted by atomic mass is 10.0. The van der Waals surface area contributed by atoms with Crippen LogP contribution in [0.25, 0.3) is 0 Å². The van der Waals surface area contributed by atoms with Crippen LogP contribution in [0, 0.1) is 5.92 Å². The minimum absolute atomic E-state index is 0.000970. The second-order valence-electron chi connectivity index (χ2n) is 8.54. The van der Waals surface area contributed by atoms with Gasteiger partial charge in [0, 0.05) is 51.1 Å². The Morgan fingerprint density at radius 3 is 2.56 bits per heavy atom. The van der Waals surface area contributed by atoms with Crippen LogP contribution in [0.1, 0.15) is 55.6 Å². The van der Waals surface area contributed by atoms with Gasteiger partial charge in [0.15, 0.2) is 5.76 Å². The van der Waals surface area contributed by atoms with Gasteiger partial charge in [0.05, 0.1) is 12.4 Å². The summed E-state index contributed by atoms with van der Waals surface area (Å²) in [5.74, 6) is 0.122. The third-order valence-electron chi connectivity index (χ3n) is 6.02. The van der Waals surface area contributed by atoms with Crippen LogP contribution in [-0.4, -0.2) is 50.1 Å². The van der Waals surface area contributed by atoms with E-state index in [2.05, 4.69) is 19.2 Å². The lowest BCUT2D eigenvalue weighted by Crippen LogP contribution is -2.40. The molecule has 0 aliphatic carbocycles. The zero-order valence-electron chi connectivity index (χ0n) is 19.6. The Hall–Kier alpha value is -2.80. The molecule has 0 spiro atoms. The molecule has 1 N–H and O–H groups in total. The first-order valence-corrected chi connectivity index (χ1v) is 11.5. The summed E-state index contributed by atoms with van der Waals surface area (Å²) in [7, 11) is 3.96. The van der Waals surface area contributed by atoms with Crippen LogP contribution < -0.4 is 10.2 Å². The normalized spacial score (nSPS) is 15.7. The fourth-order valence-corrected chi connectivity index (χ4v) is 4.19. The van der Waals surface area contributed by atoms with E-state index in [1.807, 2.05) is 42.1 Å². The van der Waals surface area contributed by atoms with Gasteiger partial charge in [0.25, 0.3) is 5.91 Å². The molecule has 2 heterocycles. The summed E-state index contributed by atoms with van der Waals surface area (Å²) in [6, 6.07) is 9.09. The molecule has 0 saturated carbocycles. The Bertz CT molecular complexity index is 885. The maximum Gasteiger partial charge on any atom is 0.291 e. The smallest absolute Gasteiger partial charge is 0.291 e. The number of nitrogens with one attached hydrogen (secondary N) is 1. The lowest BCUT2D eigenvalue weighted by molar-refractivity contribution is -0.138. The van der Waals surface area contributed by atoms with Crippen molar-refractivity contribution < 1.29 is 18.7 Å². The Balaban J connectivity index is 1.86. The van der Waals surface area contributed by atoms with Crippen LogP contribution in [0.4, 0.5) is 11.4 Å². The van der Waals surface area contributed by atoms with Gasteiger partial charge in [0.2, 0.25) is 5.91 Å². The van der Waals surface area contributed by atoms with Gasteiger partial charge in [-0.1, -0.05) is 13.8 Å². The molecule has 174 valence electrons. The van der Waals surface area contributed by atoms with E-state index in [-0.39, 0.29) is 29.6 Å². The molecule has 32 heavy (non-hydrogen) atoms. The van der Waals surface area contributed by atoms with E-state index in [1.165, 1.54) is 6.26 Å². The number of carbonyl (C=O) groups excluding carboxylic acids is 2. The highest BCUT2D eigenvalue weighted by atomic mass is 16.5. The van der Waals surface area contributed by atoms with Gasteiger partial charge in [-0.2, -0.15) is 0 Å². The lowest BCUT2D eigenvalue weighted by Gasteiger charge is -2.30. The fourth-order valence-electron chi connectivity index (χ4n) is 4.19. The van der Waals surface area contributed by atoms with Crippen molar-refractivity contribution in [2.75, 3.05) is 37.5 Å². The first-order chi connectivity index (χ1) is 15.4. The molecule has 2 amide bonds. The molecule has 2 aromatic rings. The Kier molecular flexibility index (Phi) is 8.33. The van der Waals surface area contributed by atoms with Crippen LogP contribution in [0.15, 0.2) is 41.0 Å². The average Bonchev–Trinajstić information content (AvgIpc) is 3.48. The quantitative estimate of drug-likeness (QED) is 0.586. The Morgan fingerprint density at radius 2 is 1.97 bits per heavy atom. The molecule has 0 unspecified atom stereocenters. The number of hydrogen-bond acceptors (Lipinski definition) is 5. The molecule has 1 aromatic heterocycles. The second-order valence-corrected chi connectivity index (χ2v) is 8.54. The summed E-state index contributed by atoms with van der Waals surface area (Å²) >= 11 is 0. The van der Waals surface area contributed by atoms with E-state index in [1.54, 1.807) is 12.1 Å². The number of hydrogen-bond donors (Lipinski definition) is 1. The number of rotatable bonds is 10. The summed E-state index contributed by atoms with van der Waals surface area (Å²) in [5.41, 5.74) is 2.65. The van der Waals surface area contributed by atoms with Crippen LogP contribution in [-0.2, 0) is 16.1 Å². The van der Waals surface area contributed by atoms with Gasteiger partial charge in [0.1, 0.15) is 0 Å². The van der Waals surface area contributed by atoms with E-state index >= 15 is 0 Å². The van der Waals surface area contributed by atoms with Gasteiger partial charge in [-0.05, 0) is 61.6 Å². The summed E-state index contributed by atoms with van der Waals surface area (Å²) < 4.78 is 11.0. The minimum atomic E-state index is -0.303. The van der Waals surface area contributed by atoms with Crippen molar-refractivity contribution >= 4 is 23.2 Å². The molecular weight excluding hydrogens is 406 g/mol. The van der Waals surface area contributed by atoms with Gasteiger partial charge in [-0.3, -0.25) is 9.59 Å².